The first-order valence-electron chi connectivity index (χ1n) is 7.28. The van der Waals surface area contributed by atoms with Crippen molar-refractivity contribution in [1.82, 2.24) is 5.32 Å². The van der Waals surface area contributed by atoms with Crippen LogP contribution in [0.1, 0.15) is 12.8 Å². The van der Waals surface area contributed by atoms with Crippen LogP contribution in [0, 0.1) is 0 Å². The summed E-state index contributed by atoms with van der Waals surface area (Å²) in [6.45, 7) is 0.909. The van der Waals surface area contributed by atoms with Gasteiger partial charge >= 0.3 is 0 Å². The largest absolute Gasteiger partial charge is 0.457 e. The lowest BCUT2D eigenvalue weighted by atomic mass is 10.2. The fourth-order valence-electron chi connectivity index (χ4n) is 2.38. The standard InChI is InChI=1S/C17H17ClN2O2/c18-12-3-7-14(8-4-12)22-15-9-5-13(6-10-15)20-17(21)16-2-1-11-19-16/h3-10,16,19H,1-2,11H2,(H,20,21). The zero-order chi connectivity index (χ0) is 15.4. The van der Waals surface area contributed by atoms with E-state index in [-0.39, 0.29) is 11.9 Å². The van der Waals surface area contributed by atoms with Crippen LogP contribution in [0.15, 0.2) is 48.5 Å². The van der Waals surface area contributed by atoms with Crippen molar-refractivity contribution in [1.29, 1.82) is 0 Å². The number of ether oxygens (including phenoxy) is 1. The molecular weight excluding hydrogens is 300 g/mol. The summed E-state index contributed by atoms with van der Waals surface area (Å²) >= 11 is 5.84. The van der Waals surface area contributed by atoms with Gasteiger partial charge in [0.25, 0.3) is 0 Å². The molecule has 1 unspecified atom stereocenters. The van der Waals surface area contributed by atoms with Gasteiger partial charge in [-0.3, -0.25) is 4.79 Å². The van der Waals surface area contributed by atoms with Gasteiger partial charge in [-0.15, -0.1) is 0 Å². The number of carbonyl (C=O) groups excluding carboxylic acids is 1. The van der Waals surface area contributed by atoms with Crippen molar-refractivity contribution in [2.24, 2.45) is 0 Å². The molecule has 1 saturated heterocycles. The molecule has 1 atom stereocenters. The Balaban J connectivity index is 1.60. The van der Waals surface area contributed by atoms with Gasteiger partial charge in [0.15, 0.2) is 0 Å². The van der Waals surface area contributed by atoms with Gasteiger partial charge in [-0.25, -0.2) is 0 Å². The van der Waals surface area contributed by atoms with E-state index in [1.165, 1.54) is 0 Å². The van der Waals surface area contributed by atoms with Crippen molar-refractivity contribution < 1.29 is 9.53 Å². The summed E-state index contributed by atoms with van der Waals surface area (Å²) in [6, 6.07) is 14.4. The number of hydrogen-bond donors (Lipinski definition) is 2. The molecule has 1 heterocycles. The number of halogens is 1. The molecule has 1 fully saturated rings. The number of anilines is 1. The third-order valence-corrected chi connectivity index (χ3v) is 3.80. The van der Waals surface area contributed by atoms with Gasteiger partial charge in [-0.1, -0.05) is 11.6 Å². The van der Waals surface area contributed by atoms with Gasteiger partial charge in [-0.05, 0) is 67.9 Å². The van der Waals surface area contributed by atoms with E-state index in [0.717, 1.165) is 30.8 Å². The van der Waals surface area contributed by atoms with Gasteiger partial charge in [0.05, 0.1) is 6.04 Å². The normalized spacial score (nSPS) is 17.2. The molecule has 0 bridgehead atoms. The summed E-state index contributed by atoms with van der Waals surface area (Å²) in [5.41, 5.74) is 0.766. The van der Waals surface area contributed by atoms with Crippen LogP contribution in [0.2, 0.25) is 5.02 Å². The minimum atomic E-state index is -0.0787. The predicted molar refractivity (Wildman–Crippen MR) is 87.6 cm³/mol. The molecule has 114 valence electrons. The van der Waals surface area contributed by atoms with E-state index >= 15 is 0 Å². The Morgan fingerprint density at radius 3 is 2.32 bits per heavy atom. The maximum atomic E-state index is 12.0. The fourth-order valence-corrected chi connectivity index (χ4v) is 2.51. The molecule has 0 spiro atoms. The van der Waals surface area contributed by atoms with E-state index in [1.54, 1.807) is 12.1 Å². The number of rotatable bonds is 4. The molecule has 0 aromatic heterocycles. The summed E-state index contributed by atoms with van der Waals surface area (Å²) in [4.78, 5) is 12.0. The van der Waals surface area contributed by atoms with Crippen LogP contribution in [-0.4, -0.2) is 18.5 Å². The van der Waals surface area contributed by atoms with E-state index in [4.69, 9.17) is 16.3 Å². The van der Waals surface area contributed by atoms with Gasteiger partial charge < -0.3 is 15.4 Å². The van der Waals surface area contributed by atoms with Crippen LogP contribution in [0.5, 0.6) is 11.5 Å². The van der Waals surface area contributed by atoms with Crippen molar-refractivity contribution in [3.63, 3.8) is 0 Å². The monoisotopic (exact) mass is 316 g/mol. The Morgan fingerprint density at radius 1 is 1.09 bits per heavy atom. The highest BCUT2D eigenvalue weighted by atomic mass is 35.5. The van der Waals surface area contributed by atoms with Crippen molar-refractivity contribution in [3.8, 4) is 11.5 Å². The van der Waals surface area contributed by atoms with Crippen LogP contribution in [-0.2, 0) is 4.79 Å². The lowest BCUT2D eigenvalue weighted by molar-refractivity contribution is -0.117. The maximum Gasteiger partial charge on any atom is 0.241 e. The lowest BCUT2D eigenvalue weighted by Gasteiger charge is -2.11. The predicted octanol–water partition coefficient (Wildman–Crippen LogP) is 3.82. The highest BCUT2D eigenvalue weighted by Gasteiger charge is 2.21. The molecule has 2 aromatic carbocycles. The molecular formula is C17H17ClN2O2. The van der Waals surface area contributed by atoms with E-state index in [1.807, 2.05) is 36.4 Å². The van der Waals surface area contributed by atoms with Crippen LogP contribution >= 0.6 is 11.6 Å². The second kappa shape index (κ2) is 6.81. The molecule has 1 aliphatic rings. The van der Waals surface area contributed by atoms with E-state index < -0.39 is 0 Å². The summed E-state index contributed by atoms with van der Waals surface area (Å²) in [7, 11) is 0. The van der Waals surface area contributed by atoms with E-state index in [0.29, 0.717) is 10.8 Å². The Hall–Kier alpha value is -2.04. The van der Waals surface area contributed by atoms with Crippen molar-refractivity contribution in [3.05, 3.63) is 53.6 Å². The number of amides is 1. The van der Waals surface area contributed by atoms with Gasteiger partial charge in [-0.2, -0.15) is 0 Å². The highest BCUT2D eigenvalue weighted by molar-refractivity contribution is 6.30. The first-order chi connectivity index (χ1) is 10.7. The topological polar surface area (TPSA) is 50.4 Å². The minimum Gasteiger partial charge on any atom is -0.457 e. The lowest BCUT2D eigenvalue weighted by Crippen LogP contribution is -2.35. The minimum absolute atomic E-state index is 0.0175. The second-order valence-corrected chi connectivity index (χ2v) is 5.65. The number of hydrogen-bond acceptors (Lipinski definition) is 3. The molecule has 1 amide bonds. The molecule has 22 heavy (non-hydrogen) atoms. The third kappa shape index (κ3) is 3.78. The number of nitrogens with one attached hydrogen (secondary N) is 2. The average Bonchev–Trinajstić information content (AvgIpc) is 3.06. The molecule has 5 heteroatoms. The molecule has 0 radical (unpaired) electrons. The van der Waals surface area contributed by atoms with Crippen LogP contribution < -0.4 is 15.4 Å². The van der Waals surface area contributed by atoms with Crippen LogP contribution in [0.25, 0.3) is 0 Å². The quantitative estimate of drug-likeness (QED) is 0.901. The SMILES string of the molecule is O=C(Nc1ccc(Oc2ccc(Cl)cc2)cc1)C1CCCN1. The zero-order valence-electron chi connectivity index (χ0n) is 12.0. The van der Waals surface area contributed by atoms with Crippen LogP contribution in [0.3, 0.4) is 0 Å². The Morgan fingerprint density at radius 2 is 1.73 bits per heavy atom. The first kappa shape index (κ1) is 14.9. The highest BCUT2D eigenvalue weighted by Crippen LogP contribution is 2.24. The van der Waals surface area contributed by atoms with Gasteiger partial charge in [0.2, 0.25) is 5.91 Å². The van der Waals surface area contributed by atoms with Crippen molar-refractivity contribution in [2.75, 3.05) is 11.9 Å². The van der Waals surface area contributed by atoms with Gasteiger partial charge in [0, 0.05) is 10.7 Å². The van der Waals surface area contributed by atoms with Crippen LogP contribution in [0.4, 0.5) is 5.69 Å². The summed E-state index contributed by atoms with van der Waals surface area (Å²) < 4.78 is 5.71. The Kier molecular flexibility index (Phi) is 4.61. The summed E-state index contributed by atoms with van der Waals surface area (Å²) in [6.07, 6.45) is 1.94. The molecule has 0 aliphatic carbocycles. The number of benzene rings is 2. The molecule has 4 nitrogen and oxygen atoms in total. The zero-order valence-corrected chi connectivity index (χ0v) is 12.8. The Bertz CT molecular complexity index is 635. The third-order valence-electron chi connectivity index (χ3n) is 3.55. The molecule has 3 rings (SSSR count). The average molecular weight is 317 g/mol. The summed E-state index contributed by atoms with van der Waals surface area (Å²) in [5, 5.41) is 6.76. The Labute approximate surface area is 134 Å². The smallest absolute Gasteiger partial charge is 0.241 e. The second-order valence-electron chi connectivity index (χ2n) is 5.22. The maximum absolute atomic E-state index is 12.0. The van der Waals surface area contributed by atoms with Crippen molar-refractivity contribution in [2.45, 2.75) is 18.9 Å². The molecule has 1 aliphatic heterocycles. The number of carbonyl (C=O) groups is 1. The fraction of sp³-hybridized carbons (Fsp3) is 0.235. The van der Waals surface area contributed by atoms with E-state index in [9.17, 15) is 4.79 Å². The molecule has 2 N–H and O–H groups in total. The first-order valence-corrected chi connectivity index (χ1v) is 7.66. The molecule has 2 aromatic rings. The van der Waals surface area contributed by atoms with Crippen molar-refractivity contribution >= 4 is 23.2 Å². The van der Waals surface area contributed by atoms with Gasteiger partial charge in [0.1, 0.15) is 11.5 Å². The summed E-state index contributed by atoms with van der Waals surface area (Å²) in [5.74, 6) is 1.44. The molecule has 0 saturated carbocycles. The van der Waals surface area contributed by atoms with E-state index in [2.05, 4.69) is 10.6 Å².